The van der Waals surface area contributed by atoms with Crippen LogP contribution < -0.4 is 10.0 Å². The molecule has 1 aliphatic rings. The Morgan fingerprint density at radius 3 is 2.78 bits per heavy atom. The number of morpholine rings is 1. The van der Waals surface area contributed by atoms with Gasteiger partial charge >= 0.3 is 0 Å². The number of sulfonamides is 1. The highest BCUT2D eigenvalue weighted by Gasteiger charge is 2.26. The number of ether oxygens (including phenoxy) is 1. The van der Waals surface area contributed by atoms with Crippen molar-refractivity contribution < 1.29 is 13.2 Å². The molecule has 0 atom stereocenters. The number of nitrogens with two attached hydrogens (primary N) is 1. The number of primary sulfonamides is 1. The lowest BCUT2D eigenvalue weighted by molar-refractivity contribution is 0.123. The van der Waals surface area contributed by atoms with Gasteiger partial charge in [-0.05, 0) is 12.5 Å². The zero-order valence-electron chi connectivity index (χ0n) is 14.5. The lowest BCUT2D eigenvalue weighted by atomic mass is 10.0. The van der Waals surface area contributed by atoms with Gasteiger partial charge in [-0.15, -0.1) is 0 Å². The number of thiazole rings is 1. The topological polar surface area (TPSA) is 125 Å². The number of hydrogen-bond donors (Lipinski definition) is 2. The minimum absolute atomic E-state index is 0.125. The average Bonchev–Trinajstić information content (AvgIpc) is 3.28. The SMILES string of the molecule is Cc1ccc(-c2nc(S(N)(=O)=O)sc2N2CCOCC2)c2[nH]cc(C#N)c12. The maximum absolute atomic E-state index is 11.9. The highest BCUT2D eigenvalue weighted by molar-refractivity contribution is 7.91. The third-order valence-electron chi connectivity index (χ3n) is 4.55. The van der Waals surface area contributed by atoms with E-state index < -0.39 is 10.0 Å². The van der Waals surface area contributed by atoms with Crippen molar-refractivity contribution in [2.24, 2.45) is 5.14 Å². The second-order valence-corrected chi connectivity index (χ2v) is 8.98. The highest BCUT2D eigenvalue weighted by atomic mass is 32.2. The van der Waals surface area contributed by atoms with Gasteiger partial charge in [-0.25, -0.2) is 18.5 Å². The molecule has 0 unspecified atom stereocenters. The van der Waals surface area contributed by atoms with Crippen molar-refractivity contribution in [1.82, 2.24) is 9.97 Å². The van der Waals surface area contributed by atoms with Gasteiger partial charge in [0.15, 0.2) is 0 Å². The zero-order valence-corrected chi connectivity index (χ0v) is 16.2. The molecule has 4 rings (SSSR count). The van der Waals surface area contributed by atoms with Gasteiger partial charge in [-0.1, -0.05) is 23.5 Å². The summed E-state index contributed by atoms with van der Waals surface area (Å²) >= 11 is 1.06. The summed E-state index contributed by atoms with van der Waals surface area (Å²) in [5.74, 6) is 0. The first-order chi connectivity index (χ1) is 12.9. The van der Waals surface area contributed by atoms with Crippen LogP contribution in [0.25, 0.3) is 22.2 Å². The van der Waals surface area contributed by atoms with Gasteiger partial charge in [0.1, 0.15) is 16.8 Å². The van der Waals surface area contributed by atoms with E-state index in [1.165, 1.54) is 0 Å². The molecule has 0 bridgehead atoms. The Labute approximate surface area is 160 Å². The Kier molecular flexibility index (Phi) is 4.39. The third kappa shape index (κ3) is 3.08. The van der Waals surface area contributed by atoms with Crippen molar-refractivity contribution >= 4 is 37.3 Å². The minimum atomic E-state index is -3.93. The fraction of sp³-hybridized carbons (Fsp3) is 0.294. The first kappa shape index (κ1) is 17.9. The van der Waals surface area contributed by atoms with E-state index in [0.29, 0.717) is 37.6 Å². The van der Waals surface area contributed by atoms with Crippen molar-refractivity contribution in [2.75, 3.05) is 31.2 Å². The molecule has 10 heteroatoms. The Bertz CT molecular complexity index is 1170. The van der Waals surface area contributed by atoms with Crippen molar-refractivity contribution in [3.05, 3.63) is 29.5 Å². The molecule has 3 heterocycles. The Hall–Kier alpha value is -2.45. The van der Waals surface area contributed by atoms with Crippen LogP contribution in [0, 0.1) is 18.3 Å². The summed E-state index contributed by atoms with van der Waals surface area (Å²) in [5.41, 5.74) is 3.54. The minimum Gasteiger partial charge on any atom is -0.378 e. The van der Waals surface area contributed by atoms with Crippen molar-refractivity contribution in [3.8, 4) is 17.3 Å². The monoisotopic (exact) mass is 403 g/mol. The summed E-state index contributed by atoms with van der Waals surface area (Å²) < 4.78 is 29.1. The number of aryl methyl sites for hydroxylation is 1. The molecule has 0 saturated carbocycles. The van der Waals surface area contributed by atoms with E-state index in [2.05, 4.69) is 20.9 Å². The maximum Gasteiger partial charge on any atom is 0.265 e. The maximum atomic E-state index is 11.9. The Morgan fingerprint density at radius 2 is 2.11 bits per heavy atom. The molecule has 0 amide bonds. The molecule has 2 aromatic heterocycles. The largest absolute Gasteiger partial charge is 0.378 e. The van der Waals surface area contributed by atoms with E-state index in [0.717, 1.165) is 38.4 Å². The normalized spacial score (nSPS) is 15.2. The van der Waals surface area contributed by atoms with E-state index in [4.69, 9.17) is 9.88 Å². The molecule has 0 spiro atoms. The lowest BCUT2D eigenvalue weighted by Crippen LogP contribution is -2.36. The molecule has 1 aliphatic heterocycles. The quantitative estimate of drug-likeness (QED) is 0.689. The number of nitriles is 1. The van der Waals surface area contributed by atoms with Gasteiger partial charge in [0.05, 0.1) is 24.3 Å². The van der Waals surface area contributed by atoms with Gasteiger partial charge in [0.2, 0.25) is 4.34 Å². The van der Waals surface area contributed by atoms with Crippen LogP contribution in [0.2, 0.25) is 0 Å². The number of nitrogens with zero attached hydrogens (tertiary/aromatic N) is 3. The van der Waals surface area contributed by atoms with E-state index in [-0.39, 0.29) is 4.34 Å². The zero-order chi connectivity index (χ0) is 19.2. The van der Waals surface area contributed by atoms with Crippen molar-refractivity contribution in [2.45, 2.75) is 11.3 Å². The van der Waals surface area contributed by atoms with Gasteiger partial charge in [-0.2, -0.15) is 5.26 Å². The number of benzene rings is 1. The van der Waals surface area contributed by atoms with E-state index in [1.54, 1.807) is 6.20 Å². The van der Waals surface area contributed by atoms with E-state index >= 15 is 0 Å². The predicted molar refractivity (Wildman–Crippen MR) is 103 cm³/mol. The standard InChI is InChI=1S/C17H17N5O3S2/c1-10-2-3-12(14-13(10)11(8-18)9-20-14)15-16(22-4-6-25-7-5-22)26-17(21-15)27(19,23)24/h2-3,9,20H,4-7H2,1H3,(H2,19,23,24). The van der Waals surface area contributed by atoms with Crippen LogP contribution >= 0.6 is 11.3 Å². The number of hydrogen-bond acceptors (Lipinski definition) is 7. The molecule has 3 aromatic rings. The molecule has 1 saturated heterocycles. The van der Waals surface area contributed by atoms with Crippen LogP contribution in [0.5, 0.6) is 0 Å². The van der Waals surface area contributed by atoms with Crippen LogP contribution in [0.4, 0.5) is 5.00 Å². The number of nitrogens with one attached hydrogen (secondary N) is 1. The van der Waals surface area contributed by atoms with Crippen molar-refractivity contribution in [3.63, 3.8) is 0 Å². The molecular weight excluding hydrogens is 386 g/mol. The van der Waals surface area contributed by atoms with Crippen LogP contribution in [-0.4, -0.2) is 44.7 Å². The number of aromatic amines is 1. The molecule has 0 aliphatic carbocycles. The third-order valence-corrected chi connectivity index (χ3v) is 6.99. The fourth-order valence-electron chi connectivity index (χ4n) is 3.28. The number of aromatic nitrogens is 2. The Morgan fingerprint density at radius 1 is 1.37 bits per heavy atom. The number of fused-ring (bicyclic) bond motifs is 1. The summed E-state index contributed by atoms with van der Waals surface area (Å²) in [4.78, 5) is 9.57. The van der Waals surface area contributed by atoms with Gasteiger partial charge in [-0.3, -0.25) is 0 Å². The molecule has 27 heavy (non-hydrogen) atoms. The molecule has 1 fully saturated rings. The van der Waals surface area contributed by atoms with Crippen LogP contribution in [-0.2, 0) is 14.8 Å². The highest BCUT2D eigenvalue weighted by Crippen LogP contribution is 2.41. The summed E-state index contributed by atoms with van der Waals surface area (Å²) in [6, 6.07) is 5.98. The number of anilines is 1. The van der Waals surface area contributed by atoms with Gasteiger partial charge in [0, 0.05) is 30.2 Å². The number of rotatable bonds is 3. The molecule has 140 valence electrons. The summed E-state index contributed by atoms with van der Waals surface area (Å²) in [6.45, 7) is 4.34. The van der Waals surface area contributed by atoms with Crippen LogP contribution in [0.1, 0.15) is 11.1 Å². The van der Waals surface area contributed by atoms with E-state index in [1.807, 2.05) is 19.1 Å². The number of H-pyrrole nitrogens is 1. The van der Waals surface area contributed by atoms with Crippen molar-refractivity contribution in [1.29, 1.82) is 5.26 Å². The molecule has 3 N–H and O–H groups in total. The van der Waals surface area contributed by atoms with Gasteiger partial charge in [0.25, 0.3) is 10.0 Å². The van der Waals surface area contributed by atoms with Crippen LogP contribution in [0.15, 0.2) is 22.7 Å². The Balaban J connectivity index is 1.97. The predicted octanol–water partition coefficient (Wildman–Crippen LogP) is 1.96. The molecular formula is C17H17N5O3S2. The molecule has 1 aromatic carbocycles. The molecule has 8 nitrogen and oxygen atoms in total. The summed E-state index contributed by atoms with van der Waals surface area (Å²) in [5, 5.41) is 16.3. The first-order valence-corrected chi connectivity index (χ1v) is 10.6. The fourth-order valence-corrected chi connectivity index (χ4v) is 5.06. The van der Waals surface area contributed by atoms with E-state index in [9.17, 15) is 13.7 Å². The first-order valence-electron chi connectivity index (χ1n) is 8.27. The second-order valence-electron chi connectivity index (χ2n) is 6.27. The smallest absolute Gasteiger partial charge is 0.265 e. The second kappa shape index (κ2) is 6.61. The summed E-state index contributed by atoms with van der Waals surface area (Å²) in [6.07, 6.45) is 1.66. The van der Waals surface area contributed by atoms with Gasteiger partial charge < -0.3 is 14.6 Å². The lowest BCUT2D eigenvalue weighted by Gasteiger charge is -2.28. The van der Waals surface area contributed by atoms with Crippen LogP contribution in [0.3, 0.4) is 0 Å². The average molecular weight is 403 g/mol. The molecule has 0 radical (unpaired) electrons. The summed E-state index contributed by atoms with van der Waals surface area (Å²) in [7, 11) is -3.93.